The Kier molecular flexibility index (Phi) is 2.73. The van der Waals surface area contributed by atoms with Crippen molar-refractivity contribution >= 4 is 5.95 Å². The summed E-state index contributed by atoms with van der Waals surface area (Å²) in [5.74, 6) is 3.00. The molecular formula is C11H16N6O. The van der Waals surface area contributed by atoms with E-state index in [0.717, 1.165) is 24.9 Å². The van der Waals surface area contributed by atoms with Crippen LogP contribution in [0.3, 0.4) is 0 Å². The lowest BCUT2D eigenvalue weighted by molar-refractivity contribution is 0.378. The molecule has 0 atom stereocenters. The summed E-state index contributed by atoms with van der Waals surface area (Å²) in [5, 5.41) is 12.2. The van der Waals surface area contributed by atoms with E-state index in [9.17, 15) is 0 Å². The van der Waals surface area contributed by atoms with Gasteiger partial charge in [0.2, 0.25) is 11.8 Å². The predicted octanol–water partition coefficient (Wildman–Crippen LogP) is 0.698. The van der Waals surface area contributed by atoms with Crippen molar-refractivity contribution < 1.29 is 4.52 Å². The van der Waals surface area contributed by atoms with Gasteiger partial charge in [0.1, 0.15) is 5.82 Å². The number of anilines is 1. The standard InChI is InChI=1S/C11H16N6O/c1-8-12-10(18-15-8)7-9-13-14-11(16(9)2)17-5-3-4-6-17/h3-7H2,1-2H3. The van der Waals surface area contributed by atoms with E-state index in [2.05, 4.69) is 25.2 Å². The van der Waals surface area contributed by atoms with E-state index in [0.29, 0.717) is 18.1 Å². The van der Waals surface area contributed by atoms with E-state index in [1.54, 1.807) is 6.92 Å². The van der Waals surface area contributed by atoms with Gasteiger partial charge in [-0.1, -0.05) is 5.16 Å². The largest absolute Gasteiger partial charge is 0.341 e. The van der Waals surface area contributed by atoms with Gasteiger partial charge in [-0.3, -0.25) is 4.57 Å². The van der Waals surface area contributed by atoms with Crippen LogP contribution in [0.1, 0.15) is 30.4 Å². The monoisotopic (exact) mass is 248 g/mol. The van der Waals surface area contributed by atoms with E-state index in [-0.39, 0.29) is 0 Å². The second-order valence-electron chi connectivity index (χ2n) is 4.58. The topological polar surface area (TPSA) is 72.9 Å². The smallest absolute Gasteiger partial charge is 0.234 e. The van der Waals surface area contributed by atoms with E-state index >= 15 is 0 Å². The highest BCUT2D eigenvalue weighted by molar-refractivity contribution is 5.32. The van der Waals surface area contributed by atoms with Gasteiger partial charge < -0.3 is 9.42 Å². The molecular weight excluding hydrogens is 232 g/mol. The van der Waals surface area contributed by atoms with E-state index in [4.69, 9.17) is 4.52 Å². The van der Waals surface area contributed by atoms with Crippen molar-refractivity contribution in [2.24, 2.45) is 7.05 Å². The Labute approximate surface area is 105 Å². The first-order valence-electron chi connectivity index (χ1n) is 6.16. The Hall–Kier alpha value is -1.92. The van der Waals surface area contributed by atoms with Crippen molar-refractivity contribution in [3.8, 4) is 0 Å². The van der Waals surface area contributed by atoms with E-state index < -0.39 is 0 Å². The Bertz CT molecular complexity index is 539. The molecule has 0 saturated carbocycles. The number of aryl methyl sites for hydroxylation is 1. The Morgan fingerprint density at radius 1 is 1.22 bits per heavy atom. The number of aromatic nitrogens is 5. The molecule has 1 fully saturated rings. The van der Waals surface area contributed by atoms with Crippen LogP contribution in [0.15, 0.2) is 4.52 Å². The van der Waals surface area contributed by atoms with Crippen LogP contribution in [0.2, 0.25) is 0 Å². The van der Waals surface area contributed by atoms with E-state index in [1.807, 2.05) is 11.6 Å². The maximum Gasteiger partial charge on any atom is 0.234 e. The fourth-order valence-electron chi connectivity index (χ4n) is 2.25. The first-order chi connectivity index (χ1) is 8.74. The van der Waals surface area contributed by atoms with Gasteiger partial charge in [-0.25, -0.2) is 0 Å². The van der Waals surface area contributed by atoms with Crippen LogP contribution in [0.25, 0.3) is 0 Å². The number of rotatable bonds is 3. The van der Waals surface area contributed by atoms with Crippen molar-refractivity contribution in [2.45, 2.75) is 26.2 Å². The van der Waals surface area contributed by atoms with Crippen molar-refractivity contribution in [3.05, 3.63) is 17.5 Å². The summed E-state index contributed by atoms with van der Waals surface area (Å²) >= 11 is 0. The fraction of sp³-hybridized carbons (Fsp3) is 0.636. The Morgan fingerprint density at radius 2 is 2.00 bits per heavy atom. The molecule has 0 spiro atoms. The van der Waals surface area contributed by atoms with Gasteiger partial charge in [0.05, 0.1) is 6.42 Å². The average molecular weight is 248 g/mol. The molecule has 0 unspecified atom stereocenters. The Morgan fingerprint density at radius 3 is 2.67 bits per heavy atom. The summed E-state index contributed by atoms with van der Waals surface area (Å²) in [6.45, 7) is 3.93. The molecule has 0 aliphatic carbocycles. The van der Waals surface area contributed by atoms with Crippen LogP contribution in [0.4, 0.5) is 5.95 Å². The lowest BCUT2D eigenvalue weighted by Crippen LogP contribution is -2.21. The molecule has 1 aliphatic heterocycles. The molecule has 0 radical (unpaired) electrons. The SMILES string of the molecule is Cc1noc(Cc2nnc(N3CCCC3)n2C)n1. The minimum Gasteiger partial charge on any atom is -0.341 e. The summed E-state index contributed by atoms with van der Waals surface area (Å²) < 4.78 is 7.11. The molecule has 96 valence electrons. The van der Waals surface area contributed by atoms with Crippen molar-refractivity contribution in [3.63, 3.8) is 0 Å². The number of hydrogen-bond donors (Lipinski definition) is 0. The second kappa shape index (κ2) is 4.40. The van der Waals surface area contributed by atoms with Crippen LogP contribution in [0.5, 0.6) is 0 Å². The molecule has 7 heteroatoms. The molecule has 0 amide bonds. The van der Waals surface area contributed by atoms with Crippen LogP contribution >= 0.6 is 0 Å². The minimum absolute atomic E-state index is 0.526. The third-order valence-electron chi connectivity index (χ3n) is 3.21. The molecule has 3 rings (SSSR count). The normalized spacial score (nSPS) is 15.6. The minimum atomic E-state index is 0.526. The number of nitrogens with zero attached hydrogens (tertiary/aromatic N) is 6. The molecule has 2 aromatic rings. The maximum atomic E-state index is 5.10. The zero-order valence-corrected chi connectivity index (χ0v) is 10.6. The molecule has 3 heterocycles. The molecule has 0 bridgehead atoms. The molecule has 2 aromatic heterocycles. The zero-order chi connectivity index (χ0) is 12.5. The Balaban J connectivity index is 1.80. The quantitative estimate of drug-likeness (QED) is 0.796. The van der Waals surface area contributed by atoms with Gasteiger partial charge in [-0.2, -0.15) is 4.98 Å². The third-order valence-corrected chi connectivity index (χ3v) is 3.21. The summed E-state index contributed by atoms with van der Waals surface area (Å²) in [4.78, 5) is 6.44. The maximum absolute atomic E-state index is 5.10. The summed E-state index contributed by atoms with van der Waals surface area (Å²) in [7, 11) is 1.98. The summed E-state index contributed by atoms with van der Waals surface area (Å²) in [6.07, 6.45) is 2.98. The molecule has 1 aliphatic rings. The van der Waals surface area contributed by atoms with Gasteiger partial charge in [0, 0.05) is 20.1 Å². The van der Waals surface area contributed by atoms with Gasteiger partial charge in [0.15, 0.2) is 5.82 Å². The van der Waals surface area contributed by atoms with Gasteiger partial charge >= 0.3 is 0 Å². The molecule has 0 aromatic carbocycles. The second-order valence-corrected chi connectivity index (χ2v) is 4.58. The summed E-state index contributed by atoms with van der Waals surface area (Å²) in [6, 6.07) is 0. The number of hydrogen-bond acceptors (Lipinski definition) is 6. The van der Waals surface area contributed by atoms with Crippen LogP contribution < -0.4 is 4.90 Å². The van der Waals surface area contributed by atoms with Crippen LogP contribution in [0, 0.1) is 6.92 Å². The molecule has 1 saturated heterocycles. The highest BCUT2D eigenvalue weighted by atomic mass is 16.5. The average Bonchev–Trinajstić information content (AvgIpc) is 3.04. The predicted molar refractivity (Wildman–Crippen MR) is 64.3 cm³/mol. The lowest BCUT2D eigenvalue weighted by Gasteiger charge is -2.15. The van der Waals surface area contributed by atoms with Crippen molar-refractivity contribution in [1.29, 1.82) is 0 Å². The molecule has 0 N–H and O–H groups in total. The van der Waals surface area contributed by atoms with Crippen LogP contribution in [-0.4, -0.2) is 38.0 Å². The zero-order valence-electron chi connectivity index (χ0n) is 10.6. The van der Waals surface area contributed by atoms with Crippen molar-refractivity contribution in [2.75, 3.05) is 18.0 Å². The van der Waals surface area contributed by atoms with Gasteiger partial charge in [0.25, 0.3) is 0 Å². The van der Waals surface area contributed by atoms with Gasteiger partial charge in [-0.15, -0.1) is 10.2 Å². The highest BCUT2D eigenvalue weighted by Gasteiger charge is 2.20. The van der Waals surface area contributed by atoms with Crippen LogP contribution in [-0.2, 0) is 13.5 Å². The summed E-state index contributed by atoms with van der Waals surface area (Å²) in [5.41, 5.74) is 0. The van der Waals surface area contributed by atoms with E-state index in [1.165, 1.54) is 12.8 Å². The highest BCUT2D eigenvalue weighted by Crippen LogP contribution is 2.18. The molecule has 7 nitrogen and oxygen atoms in total. The molecule has 18 heavy (non-hydrogen) atoms. The third kappa shape index (κ3) is 1.96. The first-order valence-corrected chi connectivity index (χ1v) is 6.16. The first kappa shape index (κ1) is 11.2. The lowest BCUT2D eigenvalue weighted by atomic mass is 10.4. The fourth-order valence-corrected chi connectivity index (χ4v) is 2.25. The van der Waals surface area contributed by atoms with Gasteiger partial charge in [-0.05, 0) is 19.8 Å². The van der Waals surface area contributed by atoms with Crippen molar-refractivity contribution in [1.82, 2.24) is 24.9 Å².